The molecule has 1 saturated heterocycles. The second-order valence-electron chi connectivity index (χ2n) is 8.71. The van der Waals surface area contributed by atoms with Gasteiger partial charge in [-0.3, -0.25) is 4.79 Å². The summed E-state index contributed by atoms with van der Waals surface area (Å²) in [6.07, 6.45) is 1.30. The van der Waals surface area contributed by atoms with Crippen molar-refractivity contribution in [3.63, 3.8) is 0 Å². The van der Waals surface area contributed by atoms with E-state index in [2.05, 4.69) is 22.6 Å². The lowest BCUT2D eigenvalue weighted by Gasteiger charge is -2.32. The molecule has 2 amide bonds. The summed E-state index contributed by atoms with van der Waals surface area (Å²) < 4.78 is 10.7. The maximum atomic E-state index is 12.7. The predicted octanol–water partition coefficient (Wildman–Crippen LogP) is 3.79. The first-order valence-corrected chi connectivity index (χ1v) is 11.6. The number of likely N-dealkylation sites (tertiary alicyclic amines) is 1. The van der Waals surface area contributed by atoms with Crippen LogP contribution < -0.4 is 5.32 Å². The quantitative estimate of drug-likeness (QED) is 0.556. The fourth-order valence-electron chi connectivity index (χ4n) is 4.88. The Balaban J connectivity index is 1.17. The van der Waals surface area contributed by atoms with Crippen LogP contribution >= 0.6 is 0 Å². The maximum Gasteiger partial charge on any atom is 0.407 e. The summed E-state index contributed by atoms with van der Waals surface area (Å²) in [5.74, 6) is -1.30. The van der Waals surface area contributed by atoms with E-state index in [1.165, 1.54) is 11.0 Å². The van der Waals surface area contributed by atoms with Gasteiger partial charge in [0, 0.05) is 18.5 Å². The van der Waals surface area contributed by atoms with Gasteiger partial charge in [-0.25, -0.2) is 9.59 Å². The molecule has 2 aromatic carbocycles. The van der Waals surface area contributed by atoms with E-state index in [9.17, 15) is 19.5 Å². The topological polar surface area (TPSA) is 122 Å². The number of benzene rings is 2. The molecule has 0 radical (unpaired) electrons. The van der Waals surface area contributed by atoms with Gasteiger partial charge >= 0.3 is 12.1 Å². The SMILES string of the molecule is O=C(NCc1cc(C(=O)N2CCCC[C@@H]2C(=O)O)no1)OCC1c2ccccc2-c2ccccc21. The van der Waals surface area contributed by atoms with Crippen molar-refractivity contribution in [2.75, 3.05) is 13.2 Å². The first-order chi connectivity index (χ1) is 17.0. The van der Waals surface area contributed by atoms with Crippen molar-refractivity contribution in [2.24, 2.45) is 0 Å². The number of aliphatic carboxylic acids is 1. The summed E-state index contributed by atoms with van der Waals surface area (Å²) in [7, 11) is 0. The number of piperidine rings is 1. The lowest BCUT2D eigenvalue weighted by molar-refractivity contribution is -0.143. The van der Waals surface area contributed by atoms with E-state index in [1.54, 1.807) is 0 Å². The Morgan fingerprint density at radius 2 is 1.74 bits per heavy atom. The Labute approximate surface area is 201 Å². The number of hydrogen-bond acceptors (Lipinski definition) is 6. The third kappa shape index (κ3) is 4.49. The summed E-state index contributed by atoms with van der Waals surface area (Å²) in [5, 5.41) is 15.8. The van der Waals surface area contributed by atoms with Crippen LogP contribution in [-0.4, -0.2) is 52.3 Å². The third-order valence-electron chi connectivity index (χ3n) is 6.58. The van der Waals surface area contributed by atoms with Gasteiger partial charge < -0.3 is 24.6 Å². The van der Waals surface area contributed by atoms with Crippen molar-refractivity contribution in [2.45, 2.75) is 37.8 Å². The second-order valence-corrected chi connectivity index (χ2v) is 8.71. The fourth-order valence-corrected chi connectivity index (χ4v) is 4.88. The zero-order chi connectivity index (χ0) is 24.4. The van der Waals surface area contributed by atoms with Gasteiger partial charge in [0.15, 0.2) is 11.5 Å². The molecule has 2 heterocycles. The van der Waals surface area contributed by atoms with E-state index in [4.69, 9.17) is 9.26 Å². The van der Waals surface area contributed by atoms with Gasteiger partial charge in [0.2, 0.25) is 0 Å². The van der Waals surface area contributed by atoms with Crippen molar-refractivity contribution in [3.8, 4) is 11.1 Å². The molecule has 3 aromatic rings. The number of carboxylic acids is 1. The molecule has 5 rings (SSSR count). The van der Waals surface area contributed by atoms with Gasteiger partial charge in [-0.05, 0) is 41.5 Å². The number of alkyl carbamates (subject to hydrolysis) is 1. The van der Waals surface area contributed by atoms with Crippen LogP contribution in [0.4, 0.5) is 4.79 Å². The lowest BCUT2D eigenvalue weighted by Crippen LogP contribution is -2.48. The average Bonchev–Trinajstić information content (AvgIpc) is 3.49. The highest BCUT2D eigenvalue weighted by Gasteiger charge is 2.34. The zero-order valence-corrected chi connectivity index (χ0v) is 19.0. The summed E-state index contributed by atoms with van der Waals surface area (Å²) >= 11 is 0. The highest BCUT2D eigenvalue weighted by atomic mass is 16.5. The monoisotopic (exact) mass is 475 g/mol. The summed E-state index contributed by atoms with van der Waals surface area (Å²) in [5.41, 5.74) is 4.56. The largest absolute Gasteiger partial charge is 0.480 e. The summed E-state index contributed by atoms with van der Waals surface area (Å²) in [4.78, 5) is 37.9. The number of amides is 2. The highest BCUT2D eigenvalue weighted by molar-refractivity contribution is 5.95. The molecular weight excluding hydrogens is 450 g/mol. The molecule has 35 heavy (non-hydrogen) atoms. The van der Waals surface area contributed by atoms with E-state index < -0.39 is 24.0 Å². The Bertz CT molecular complexity index is 1220. The molecule has 1 aromatic heterocycles. The van der Waals surface area contributed by atoms with Crippen molar-refractivity contribution < 1.29 is 28.8 Å². The molecule has 1 fully saturated rings. The van der Waals surface area contributed by atoms with E-state index >= 15 is 0 Å². The number of fused-ring (bicyclic) bond motifs is 3. The number of carboxylic acid groups (broad SMARTS) is 1. The predicted molar refractivity (Wildman–Crippen MR) is 125 cm³/mol. The Kier molecular flexibility index (Phi) is 6.22. The summed E-state index contributed by atoms with van der Waals surface area (Å²) in [6, 6.07) is 16.7. The van der Waals surface area contributed by atoms with Crippen molar-refractivity contribution in [3.05, 3.63) is 77.2 Å². The van der Waals surface area contributed by atoms with E-state index in [0.29, 0.717) is 13.0 Å². The Hall–Kier alpha value is -4.14. The molecule has 1 aliphatic heterocycles. The van der Waals surface area contributed by atoms with Crippen LogP contribution in [-0.2, 0) is 16.1 Å². The van der Waals surface area contributed by atoms with Gasteiger partial charge in [0.1, 0.15) is 12.6 Å². The van der Waals surface area contributed by atoms with Crippen LogP contribution in [0.25, 0.3) is 11.1 Å². The number of carbonyl (C=O) groups is 3. The van der Waals surface area contributed by atoms with Crippen molar-refractivity contribution in [1.82, 2.24) is 15.4 Å². The number of nitrogens with one attached hydrogen (secondary N) is 1. The molecule has 0 spiro atoms. The number of hydrogen-bond donors (Lipinski definition) is 2. The molecule has 9 nitrogen and oxygen atoms in total. The van der Waals surface area contributed by atoms with Gasteiger partial charge in [-0.2, -0.15) is 0 Å². The molecule has 1 aliphatic carbocycles. The number of aromatic nitrogens is 1. The van der Waals surface area contributed by atoms with Crippen LogP contribution in [0.15, 0.2) is 59.1 Å². The Morgan fingerprint density at radius 3 is 2.43 bits per heavy atom. The average molecular weight is 476 g/mol. The minimum absolute atomic E-state index is 0.0146. The van der Waals surface area contributed by atoms with Crippen LogP contribution in [0.2, 0.25) is 0 Å². The van der Waals surface area contributed by atoms with E-state index in [1.807, 2.05) is 36.4 Å². The van der Waals surface area contributed by atoms with Crippen LogP contribution in [0, 0.1) is 0 Å². The van der Waals surface area contributed by atoms with Gasteiger partial charge in [0.05, 0.1) is 6.54 Å². The van der Waals surface area contributed by atoms with Gasteiger partial charge in [-0.1, -0.05) is 53.7 Å². The molecule has 1 atom stereocenters. The molecule has 0 saturated carbocycles. The number of carbonyl (C=O) groups excluding carboxylic acids is 2. The van der Waals surface area contributed by atoms with E-state index in [-0.39, 0.29) is 30.5 Å². The lowest BCUT2D eigenvalue weighted by atomic mass is 9.98. The molecule has 180 valence electrons. The highest BCUT2D eigenvalue weighted by Crippen LogP contribution is 2.44. The Morgan fingerprint density at radius 1 is 1.06 bits per heavy atom. The van der Waals surface area contributed by atoms with Crippen molar-refractivity contribution in [1.29, 1.82) is 0 Å². The van der Waals surface area contributed by atoms with Crippen molar-refractivity contribution >= 4 is 18.0 Å². The standard InChI is InChI=1S/C26H25N3O6/c30-24(29-12-6-5-11-23(29)25(31)32)22-13-16(35-28-22)14-27-26(33)34-15-21-19-9-3-1-7-17(19)18-8-2-4-10-20(18)21/h1-4,7-10,13,21,23H,5-6,11-12,14-15H2,(H,27,33)(H,31,32)/t23-/m1/s1. The number of rotatable bonds is 6. The smallest absolute Gasteiger partial charge is 0.407 e. The van der Waals surface area contributed by atoms with Crippen LogP contribution in [0.3, 0.4) is 0 Å². The minimum atomic E-state index is -1.03. The normalized spacial score (nSPS) is 16.9. The first-order valence-electron chi connectivity index (χ1n) is 11.6. The van der Waals surface area contributed by atoms with Gasteiger partial charge in [0.25, 0.3) is 5.91 Å². The fraction of sp³-hybridized carbons (Fsp3) is 0.308. The van der Waals surface area contributed by atoms with E-state index in [0.717, 1.165) is 35.1 Å². The molecule has 2 aliphatic rings. The molecule has 0 unspecified atom stereocenters. The van der Waals surface area contributed by atoms with Crippen LogP contribution in [0.1, 0.15) is 52.6 Å². The third-order valence-corrected chi connectivity index (χ3v) is 6.58. The second kappa shape index (κ2) is 9.61. The number of ether oxygens (including phenoxy) is 1. The minimum Gasteiger partial charge on any atom is -0.480 e. The molecule has 9 heteroatoms. The maximum absolute atomic E-state index is 12.7. The van der Waals surface area contributed by atoms with Crippen LogP contribution in [0.5, 0.6) is 0 Å². The molecule has 0 bridgehead atoms. The van der Waals surface area contributed by atoms with Gasteiger partial charge in [-0.15, -0.1) is 0 Å². The zero-order valence-electron chi connectivity index (χ0n) is 19.0. The molecular formula is C26H25N3O6. The molecule has 2 N–H and O–H groups in total. The summed E-state index contributed by atoms with van der Waals surface area (Å²) in [6.45, 7) is 0.529. The first kappa shape index (κ1) is 22.6. The number of nitrogens with zero attached hydrogens (tertiary/aromatic N) is 2.